The van der Waals surface area contributed by atoms with Crippen LogP contribution in [0.4, 0.5) is 5.69 Å². The number of aromatic nitrogens is 2. The van der Waals surface area contributed by atoms with Gasteiger partial charge in [0.15, 0.2) is 0 Å². The third-order valence-electron chi connectivity index (χ3n) is 6.14. The molecular weight excluding hydrogens is 434 g/mol. The Hall–Kier alpha value is -3.72. The average Bonchev–Trinajstić information content (AvgIpc) is 3.13. The van der Waals surface area contributed by atoms with Gasteiger partial charge in [-0.05, 0) is 43.7 Å². The molecule has 178 valence electrons. The first-order chi connectivity index (χ1) is 16.4. The molecule has 3 aromatic rings. The molecule has 0 radical (unpaired) electrons. The van der Waals surface area contributed by atoms with Crippen LogP contribution < -0.4 is 4.74 Å². The minimum Gasteiger partial charge on any atom is -0.492 e. The highest BCUT2D eigenvalue weighted by Crippen LogP contribution is 2.22. The maximum absolute atomic E-state index is 12.9. The summed E-state index contributed by atoms with van der Waals surface area (Å²) in [7, 11) is 0. The first kappa shape index (κ1) is 23.4. The van der Waals surface area contributed by atoms with Crippen molar-refractivity contribution in [3.63, 3.8) is 0 Å². The van der Waals surface area contributed by atoms with Crippen molar-refractivity contribution in [1.82, 2.24) is 19.6 Å². The van der Waals surface area contributed by atoms with Crippen molar-refractivity contribution in [3.05, 3.63) is 87.2 Å². The van der Waals surface area contributed by atoms with Crippen LogP contribution in [0.2, 0.25) is 0 Å². The lowest BCUT2D eigenvalue weighted by Crippen LogP contribution is -2.49. The highest BCUT2D eigenvalue weighted by Gasteiger charge is 2.23. The van der Waals surface area contributed by atoms with Crippen molar-refractivity contribution in [1.29, 1.82) is 0 Å². The summed E-state index contributed by atoms with van der Waals surface area (Å²) in [5.41, 5.74) is 2.55. The van der Waals surface area contributed by atoms with Gasteiger partial charge in [-0.3, -0.25) is 24.5 Å². The van der Waals surface area contributed by atoms with E-state index in [9.17, 15) is 14.9 Å². The van der Waals surface area contributed by atoms with E-state index in [0.717, 1.165) is 30.9 Å². The normalized spacial score (nSPS) is 14.2. The van der Waals surface area contributed by atoms with Crippen LogP contribution in [0.25, 0.3) is 0 Å². The number of benzene rings is 2. The molecule has 0 spiro atoms. The Balaban J connectivity index is 1.27. The van der Waals surface area contributed by atoms with E-state index in [1.165, 1.54) is 0 Å². The highest BCUT2D eigenvalue weighted by atomic mass is 16.6. The monoisotopic (exact) mass is 463 g/mol. The summed E-state index contributed by atoms with van der Waals surface area (Å²) < 4.78 is 7.40. The Kier molecular flexibility index (Phi) is 7.22. The van der Waals surface area contributed by atoms with Crippen molar-refractivity contribution >= 4 is 11.6 Å². The van der Waals surface area contributed by atoms with Crippen LogP contribution in [0.3, 0.4) is 0 Å². The standard InChI is InChI=1S/C25H29N5O4/c1-19-24(30(32)33)20(2)29(26-19)18-21-8-10-22(11-9-21)25(31)28-14-12-27(13-15-28)16-17-34-23-6-4-3-5-7-23/h3-11H,12-18H2,1-2H3. The Morgan fingerprint density at radius 1 is 1.03 bits per heavy atom. The number of nitro groups is 1. The van der Waals surface area contributed by atoms with E-state index >= 15 is 0 Å². The maximum Gasteiger partial charge on any atom is 0.312 e. The number of carbonyl (C=O) groups is 1. The first-order valence-electron chi connectivity index (χ1n) is 11.4. The molecule has 1 aliphatic heterocycles. The van der Waals surface area contributed by atoms with E-state index in [0.29, 0.717) is 43.2 Å². The maximum atomic E-state index is 12.9. The number of amides is 1. The van der Waals surface area contributed by atoms with Crippen molar-refractivity contribution in [2.45, 2.75) is 20.4 Å². The van der Waals surface area contributed by atoms with Crippen LogP contribution in [0.15, 0.2) is 54.6 Å². The van der Waals surface area contributed by atoms with E-state index in [2.05, 4.69) is 10.00 Å². The smallest absolute Gasteiger partial charge is 0.312 e. The number of piperazine rings is 1. The van der Waals surface area contributed by atoms with Crippen molar-refractivity contribution in [2.24, 2.45) is 0 Å². The number of nitrogens with zero attached hydrogens (tertiary/aromatic N) is 5. The number of ether oxygens (including phenoxy) is 1. The lowest BCUT2D eigenvalue weighted by molar-refractivity contribution is -0.386. The summed E-state index contributed by atoms with van der Waals surface area (Å²) in [6.07, 6.45) is 0. The Labute approximate surface area is 198 Å². The lowest BCUT2D eigenvalue weighted by Gasteiger charge is -2.34. The van der Waals surface area contributed by atoms with Crippen LogP contribution in [0.1, 0.15) is 27.3 Å². The number of carbonyl (C=O) groups excluding carboxylic acids is 1. The van der Waals surface area contributed by atoms with Gasteiger partial charge in [0.2, 0.25) is 0 Å². The molecule has 1 aliphatic rings. The molecule has 1 saturated heterocycles. The summed E-state index contributed by atoms with van der Waals surface area (Å²) in [6, 6.07) is 17.2. The Morgan fingerprint density at radius 3 is 2.32 bits per heavy atom. The van der Waals surface area contributed by atoms with Crippen molar-refractivity contribution in [2.75, 3.05) is 39.3 Å². The second-order valence-electron chi connectivity index (χ2n) is 8.43. The summed E-state index contributed by atoms with van der Waals surface area (Å²) in [5.74, 6) is 0.893. The van der Waals surface area contributed by atoms with Crippen molar-refractivity contribution < 1.29 is 14.5 Å². The van der Waals surface area contributed by atoms with Gasteiger partial charge in [-0.25, -0.2) is 0 Å². The van der Waals surface area contributed by atoms with E-state index in [1.807, 2.05) is 59.5 Å². The number of rotatable bonds is 8. The Morgan fingerprint density at radius 2 is 1.71 bits per heavy atom. The van der Waals surface area contributed by atoms with E-state index in [4.69, 9.17) is 4.74 Å². The van der Waals surface area contributed by atoms with Gasteiger partial charge in [0.25, 0.3) is 5.91 Å². The van der Waals surface area contributed by atoms with Gasteiger partial charge in [-0.1, -0.05) is 30.3 Å². The fourth-order valence-electron chi connectivity index (χ4n) is 4.20. The lowest BCUT2D eigenvalue weighted by atomic mass is 10.1. The summed E-state index contributed by atoms with van der Waals surface area (Å²) in [4.78, 5) is 27.9. The fourth-order valence-corrected chi connectivity index (χ4v) is 4.20. The fraction of sp³-hybridized carbons (Fsp3) is 0.360. The molecular formula is C25H29N5O4. The SMILES string of the molecule is Cc1nn(Cc2ccc(C(=O)N3CCN(CCOc4ccccc4)CC3)cc2)c(C)c1[N+](=O)[O-]. The molecule has 0 N–H and O–H groups in total. The molecule has 9 nitrogen and oxygen atoms in total. The van der Waals surface area contributed by atoms with Gasteiger partial charge in [0.1, 0.15) is 23.7 Å². The molecule has 1 aromatic heterocycles. The highest BCUT2D eigenvalue weighted by molar-refractivity contribution is 5.94. The van der Waals surface area contributed by atoms with Gasteiger partial charge in [0.05, 0.1) is 11.5 Å². The molecule has 0 saturated carbocycles. The molecule has 2 aromatic carbocycles. The van der Waals surface area contributed by atoms with E-state index < -0.39 is 4.92 Å². The molecule has 0 aliphatic carbocycles. The van der Waals surface area contributed by atoms with Crippen LogP contribution >= 0.6 is 0 Å². The van der Waals surface area contributed by atoms with Gasteiger partial charge >= 0.3 is 5.69 Å². The largest absolute Gasteiger partial charge is 0.492 e. The molecule has 4 rings (SSSR count). The molecule has 34 heavy (non-hydrogen) atoms. The second-order valence-corrected chi connectivity index (χ2v) is 8.43. The number of aryl methyl sites for hydroxylation is 1. The zero-order valence-electron chi connectivity index (χ0n) is 19.5. The average molecular weight is 464 g/mol. The van der Waals surface area contributed by atoms with Crippen LogP contribution in [-0.4, -0.2) is 69.7 Å². The third kappa shape index (κ3) is 5.43. The van der Waals surface area contributed by atoms with Crippen molar-refractivity contribution in [3.8, 4) is 5.75 Å². The van der Waals surface area contributed by atoms with Crippen LogP contribution in [0.5, 0.6) is 5.75 Å². The zero-order valence-corrected chi connectivity index (χ0v) is 19.5. The predicted octanol–water partition coefficient (Wildman–Crippen LogP) is 3.29. The second kappa shape index (κ2) is 10.5. The van der Waals surface area contributed by atoms with Crippen LogP contribution in [0, 0.1) is 24.0 Å². The summed E-state index contributed by atoms with van der Waals surface area (Å²) >= 11 is 0. The molecule has 0 atom stereocenters. The molecule has 1 fully saturated rings. The summed E-state index contributed by atoms with van der Waals surface area (Å²) in [5, 5.41) is 15.5. The Bertz CT molecular complexity index is 1140. The molecule has 2 heterocycles. The minimum absolute atomic E-state index is 0.0217. The van der Waals surface area contributed by atoms with Gasteiger partial charge in [-0.2, -0.15) is 5.10 Å². The van der Waals surface area contributed by atoms with Crippen LogP contribution in [-0.2, 0) is 6.54 Å². The first-order valence-corrected chi connectivity index (χ1v) is 11.4. The van der Waals surface area contributed by atoms with Gasteiger partial charge in [-0.15, -0.1) is 0 Å². The molecule has 1 amide bonds. The third-order valence-corrected chi connectivity index (χ3v) is 6.14. The van der Waals surface area contributed by atoms with E-state index in [-0.39, 0.29) is 11.6 Å². The molecule has 9 heteroatoms. The van der Waals surface area contributed by atoms with Gasteiger partial charge in [0, 0.05) is 38.3 Å². The van der Waals surface area contributed by atoms with E-state index in [1.54, 1.807) is 18.5 Å². The quantitative estimate of drug-likeness (QED) is 0.376. The predicted molar refractivity (Wildman–Crippen MR) is 128 cm³/mol. The number of hydrogen-bond acceptors (Lipinski definition) is 6. The number of hydrogen-bond donors (Lipinski definition) is 0. The zero-order chi connectivity index (χ0) is 24.1. The van der Waals surface area contributed by atoms with Gasteiger partial charge < -0.3 is 9.64 Å². The molecule has 0 unspecified atom stereocenters. The summed E-state index contributed by atoms with van der Waals surface area (Å²) in [6.45, 7) is 8.20. The topological polar surface area (TPSA) is 93.7 Å². The number of para-hydroxylation sites is 1. The molecule has 0 bridgehead atoms. The minimum atomic E-state index is -0.397.